The second-order valence-corrected chi connectivity index (χ2v) is 5.96. The van der Waals surface area contributed by atoms with E-state index in [-0.39, 0.29) is 5.91 Å². The van der Waals surface area contributed by atoms with Gasteiger partial charge < -0.3 is 10.4 Å². The Morgan fingerprint density at radius 1 is 1.38 bits per heavy atom. The average molecular weight is 289 g/mol. The molecular weight excluding hydrogens is 266 g/mol. The molecule has 1 aliphatic carbocycles. The fraction of sp³-hybridized carbons (Fsp3) is 0.529. The van der Waals surface area contributed by atoms with Gasteiger partial charge in [0, 0.05) is 0 Å². The van der Waals surface area contributed by atoms with Crippen molar-refractivity contribution in [2.24, 2.45) is 0 Å². The Morgan fingerprint density at radius 3 is 2.57 bits per heavy atom. The number of carboxylic acid groups (broad SMARTS) is 1. The minimum atomic E-state index is -0.955. The van der Waals surface area contributed by atoms with Gasteiger partial charge in [0.1, 0.15) is 6.04 Å². The van der Waals surface area contributed by atoms with Gasteiger partial charge in [0.15, 0.2) is 0 Å². The van der Waals surface area contributed by atoms with E-state index >= 15 is 0 Å². The molecule has 0 saturated heterocycles. The van der Waals surface area contributed by atoms with Crippen molar-refractivity contribution in [2.75, 3.05) is 0 Å². The lowest BCUT2D eigenvalue weighted by atomic mass is 9.63. The van der Waals surface area contributed by atoms with E-state index in [4.69, 9.17) is 0 Å². The third-order valence-electron chi connectivity index (χ3n) is 4.39. The number of aryl methyl sites for hydroxylation is 1. The highest BCUT2D eigenvalue weighted by Crippen LogP contribution is 2.44. The van der Waals surface area contributed by atoms with Crippen LogP contribution >= 0.6 is 0 Å². The molecule has 1 fully saturated rings. The topological polar surface area (TPSA) is 66.4 Å². The molecule has 4 heteroatoms. The average Bonchev–Trinajstić information content (AvgIpc) is 2.37. The van der Waals surface area contributed by atoms with Crippen LogP contribution in [0.3, 0.4) is 0 Å². The van der Waals surface area contributed by atoms with E-state index in [1.165, 1.54) is 0 Å². The van der Waals surface area contributed by atoms with Crippen LogP contribution in [0.1, 0.15) is 50.2 Å². The summed E-state index contributed by atoms with van der Waals surface area (Å²) in [5, 5.41) is 11.9. The summed E-state index contributed by atoms with van der Waals surface area (Å²) in [5.74, 6) is -1.09. The normalized spacial score (nSPS) is 17.6. The Kier molecular flexibility index (Phi) is 4.66. The first kappa shape index (κ1) is 15.5. The van der Waals surface area contributed by atoms with E-state index in [0.29, 0.717) is 6.42 Å². The number of benzene rings is 1. The van der Waals surface area contributed by atoms with Gasteiger partial charge in [0.25, 0.3) is 0 Å². The van der Waals surface area contributed by atoms with Gasteiger partial charge in [-0.1, -0.05) is 49.6 Å². The molecule has 0 aliphatic heterocycles. The number of hydrogen-bond donors (Lipinski definition) is 2. The van der Waals surface area contributed by atoms with E-state index in [0.717, 1.165) is 36.8 Å². The van der Waals surface area contributed by atoms with Gasteiger partial charge in [-0.15, -0.1) is 0 Å². The zero-order valence-electron chi connectivity index (χ0n) is 12.7. The highest BCUT2D eigenvalue weighted by Gasteiger charge is 2.46. The molecule has 1 saturated carbocycles. The van der Waals surface area contributed by atoms with Gasteiger partial charge in [-0.25, -0.2) is 4.79 Å². The monoisotopic (exact) mass is 289 g/mol. The van der Waals surface area contributed by atoms with Gasteiger partial charge in [-0.3, -0.25) is 4.79 Å². The van der Waals surface area contributed by atoms with Crippen molar-refractivity contribution in [3.05, 3.63) is 35.4 Å². The maximum atomic E-state index is 12.7. The molecule has 1 unspecified atom stereocenters. The summed E-state index contributed by atoms with van der Waals surface area (Å²) in [4.78, 5) is 23.9. The van der Waals surface area contributed by atoms with Crippen LogP contribution in [0.5, 0.6) is 0 Å². The fourth-order valence-corrected chi connectivity index (χ4v) is 2.96. The number of hydrogen-bond acceptors (Lipinski definition) is 2. The van der Waals surface area contributed by atoms with Gasteiger partial charge in [0.2, 0.25) is 5.91 Å². The van der Waals surface area contributed by atoms with Crippen LogP contribution in [-0.4, -0.2) is 23.0 Å². The Morgan fingerprint density at radius 2 is 2.10 bits per heavy atom. The van der Waals surface area contributed by atoms with Gasteiger partial charge >= 0.3 is 5.97 Å². The molecule has 1 amide bonds. The van der Waals surface area contributed by atoms with Crippen LogP contribution in [0, 0.1) is 6.92 Å². The summed E-state index contributed by atoms with van der Waals surface area (Å²) in [7, 11) is 0. The Labute approximate surface area is 125 Å². The van der Waals surface area contributed by atoms with Crippen molar-refractivity contribution in [3.63, 3.8) is 0 Å². The molecule has 1 aliphatic rings. The van der Waals surface area contributed by atoms with Crippen LogP contribution in [-0.2, 0) is 15.0 Å². The first-order valence-corrected chi connectivity index (χ1v) is 7.60. The summed E-state index contributed by atoms with van der Waals surface area (Å²) >= 11 is 0. The van der Waals surface area contributed by atoms with E-state index in [1.54, 1.807) is 0 Å². The molecule has 114 valence electrons. The predicted octanol–water partition coefficient (Wildman–Crippen LogP) is 2.79. The quantitative estimate of drug-likeness (QED) is 0.846. The number of amides is 1. The van der Waals surface area contributed by atoms with Crippen molar-refractivity contribution in [2.45, 2.75) is 57.4 Å². The third kappa shape index (κ3) is 3.09. The summed E-state index contributed by atoms with van der Waals surface area (Å²) < 4.78 is 0. The summed E-state index contributed by atoms with van der Waals surface area (Å²) in [6.07, 6.45) is 3.79. The Bertz CT molecular complexity index is 535. The SMILES string of the molecule is CCCC(NC(=O)C1(c2cccc(C)c2)CCC1)C(=O)O. The van der Waals surface area contributed by atoms with Crippen LogP contribution in [0.2, 0.25) is 0 Å². The van der Waals surface area contributed by atoms with Crippen molar-refractivity contribution in [1.82, 2.24) is 5.32 Å². The summed E-state index contributed by atoms with van der Waals surface area (Å²) in [6.45, 7) is 3.92. The van der Waals surface area contributed by atoms with Crippen molar-refractivity contribution in [1.29, 1.82) is 0 Å². The lowest BCUT2D eigenvalue weighted by molar-refractivity contribution is -0.143. The molecule has 0 bridgehead atoms. The van der Waals surface area contributed by atoms with E-state index in [1.807, 2.05) is 38.1 Å². The van der Waals surface area contributed by atoms with E-state index < -0.39 is 17.4 Å². The number of nitrogens with one attached hydrogen (secondary N) is 1. The maximum Gasteiger partial charge on any atom is 0.326 e. The molecule has 2 rings (SSSR count). The van der Waals surface area contributed by atoms with Crippen LogP contribution in [0.4, 0.5) is 0 Å². The first-order valence-electron chi connectivity index (χ1n) is 7.60. The summed E-state index contributed by atoms with van der Waals surface area (Å²) in [5.41, 5.74) is 1.59. The zero-order chi connectivity index (χ0) is 15.5. The van der Waals surface area contributed by atoms with Gasteiger partial charge in [-0.2, -0.15) is 0 Å². The van der Waals surface area contributed by atoms with Crippen LogP contribution in [0.25, 0.3) is 0 Å². The number of carbonyl (C=O) groups excluding carboxylic acids is 1. The van der Waals surface area contributed by atoms with Crippen molar-refractivity contribution < 1.29 is 14.7 Å². The maximum absolute atomic E-state index is 12.7. The molecule has 0 radical (unpaired) electrons. The number of aliphatic carboxylic acids is 1. The van der Waals surface area contributed by atoms with Gasteiger partial charge in [0.05, 0.1) is 5.41 Å². The van der Waals surface area contributed by atoms with Crippen molar-refractivity contribution >= 4 is 11.9 Å². The number of rotatable bonds is 6. The van der Waals surface area contributed by atoms with Crippen LogP contribution < -0.4 is 5.32 Å². The Hall–Kier alpha value is -1.84. The molecule has 2 N–H and O–H groups in total. The highest BCUT2D eigenvalue weighted by atomic mass is 16.4. The standard InChI is InChI=1S/C17H23NO3/c1-3-6-14(15(19)20)18-16(21)17(9-5-10-17)13-8-4-7-12(2)11-13/h4,7-8,11,14H,3,5-6,9-10H2,1-2H3,(H,18,21)(H,19,20). The second-order valence-electron chi connectivity index (χ2n) is 5.96. The zero-order valence-corrected chi connectivity index (χ0v) is 12.7. The van der Waals surface area contributed by atoms with Crippen LogP contribution in [0.15, 0.2) is 24.3 Å². The smallest absolute Gasteiger partial charge is 0.326 e. The lowest BCUT2D eigenvalue weighted by Crippen LogP contribution is -2.53. The predicted molar refractivity (Wildman–Crippen MR) is 81.2 cm³/mol. The minimum Gasteiger partial charge on any atom is -0.480 e. The van der Waals surface area contributed by atoms with E-state index in [9.17, 15) is 14.7 Å². The summed E-state index contributed by atoms with van der Waals surface area (Å²) in [6, 6.07) is 7.18. The largest absolute Gasteiger partial charge is 0.480 e. The fourth-order valence-electron chi connectivity index (χ4n) is 2.96. The molecule has 4 nitrogen and oxygen atoms in total. The molecule has 0 spiro atoms. The molecule has 21 heavy (non-hydrogen) atoms. The van der Waals surface area contributed by atoms with Gasteiger partial charge in [-0.05, 0) is 31.7 Å². The molecule has 1 atom stereocenters. The molecule has 1 aromatic carbocycles. The third-order valence-corrected chi connectivity index (χ3v) is 4.39. The lowest BCUT2D eigenvalue weighted by Gasteiger charge is -2.41. The molecule has 1 aromatic rings. The molecular formula is C17H23NO3. The Balaban J connectivity index is 2.20. The van der Waals surface area contributed by atoms with Crippen molar-refractivity contribution in [3.8, 4) is 0 Å². The second kappa shape index (κ2) is 6.29. The molecule has 0 heterocycles. The van der Waals surface area contributed by atoms with E-state index in [2.05, 4.69) is 5.32 Å². The first-order chi connectivity index (χ1) is 9.99. The highest BCUT2D eigenvalue weighted by molar-refractivity contribution is 5.92. The number of carbonyl (C=O) groups is 2. The minimum absolute atomic E-state index is 0.139. The molecule has 0 aromatic heterocycles. The number of carboxylic acids is 1.